The van der Waals surface area contributed by atoms with E-state index in [1.165, 1.54) is 31.4 Å². The van der Waals surface area contributed by atoms with Crippen LogP contribution in [0, 0.1) is 0 Å². The van der Waals surface area contributed by atoms with Crippen LogP contribution in [0.3, 0.4) is 0 Å². The van der Waals surface area contributed by atoms with Gasteiger partial charge in [-0.25, -0.2) is 4.79 Å². The molecule has 0 saturated carbocycles. The Bertz CT molecular complexity index is 1210. The lowest BCUT2D eigenvalue weighted by Gasteiger charge is -2.36. The van der Waals surface area contributed by atoms with E-state index in [9.17, 15) is 31.1 Å². The summed E-state index contributed by atoms with van der Waals surface area (Å²) in [6.45, 7) is 1.56. The van der Waals surface area contributed by atoms with Gasteiger partial charge in [0, 0.05) is 25.5 Å². The third kappa shape index (κ3) is 9.89. The van der Waals surface area contributed by atoms with Crippen molar-refractivity contribution in [3.05, 3.63) is 95.6 Å². The maximum atomic E-state index is 13.1. The highest BCUT2D eigenvalue weighted by Gasteiger charge is 2.38. The summed E-state index contributed by atoms with van der Waals surface area (Å²) >= 11 is 0. The molecular formula is C29H29F6NO5. The number of nitrogens with one attached hydrogen (secondary N) is 1. The number of halogens is 6. The maximum Gasteiger partial charge on any atom is 0.573 e. The number of alkyl halides is 6. The second-order valence-electron chi connectivity index (χ2n) is 9.22. The Labute approximate surface area is 233 Å². The molecule has 41 heavy (non-hydrogen) atoms. The molecular weight excluding hydrogens is 556 g/mol. The number of carbonyl (C=O) groups is 1. The molecule has 0 spiro atoms. The van der Waals surface area contributed by atoms with E-state index in [4.69, 9.17) is 9.47 Å². The van der Waals surface area contributed by atoms with Gasteiger partial charge in [0.2, 0.25) is 0 Å². The van der Waals surface area contributed by atoms with Crippen molar-refractivity contribution in [3.63, 3.8) is 0 Å². The summed E-state index contributed by atoms with van der Waals surface area (Å²) in [4.78, 5) is 12.7. The van der Waals surface area contributed by atoms with Crippen LogP contribution in [0.2, 0.25) is 0 Å². The summed E-state index contributed by atoms with van der Waals surface area (Å²) in [7, 11) is 1.51. The van der Waals surface area contributed by atoms with Gasteiger partial charge in [-0.05, 0) is 54.3 Å². The number of carbonyl (C=O) groups excluding carboxylic acids is 1. The first-order valence-electron chi connectivity index (χ1n) is 12.5. The first-order chi connectivity index (χ1) is 19.3. The average Bonchev–Trinajstić information content (AvgIpc) is 2.90. The van der Waals surface area contributed by atoms with Crippen LogP contribution in [0.1, 0.15) is 30.0 Å². The molecule has 1 N–H and O–H groups in total. The predicted octanol–water partition coefficient (Wildman–Crippen LogP) is 7.16. The predicted molar refractivity (Wildman–Crippen MR) is 138 cm³/mol. The Balaban J connectivity index is 2.11. The fourth-order valence-corrected chi connectivity index (χ4v) is 4.27. The lowest BCUT2D eigenvalue weighted by atomic mass is 9.70. The Morgan fingerprint density at radius 1 is 0.805 bits per heavy atom. The normalized spacial score (nSPS) is 12.9. The van der Waals surface area contributed by atoms with Gasteiger partial charge in [-0.2, -0.15) is 0 Å². The molecule has 3 aromatic rings. The molecule has 1 unspecified atom stereocenters. The van der Waals surface area contributed by atoms with Gasteiger partial charge in [0.05, 0.1) is 12.7 Å². The molecule has 0 saturated heterocycles. The van der Waals surface area contributed by atoms with Crippen LogP contribution in [0.15, 0.2) is 78.9 Å². The molecule has 0 bridgehead atoms. The van der Waals surface area contributed by atoms with Crippen LogP contribution >= 0.6 is 0 Å². The summed E-state index contributed by atoms with van der Waals surface area (Å²) in [6, 6.07) is 18.9. The van der Waals surface area contributed by atoms with Crippen molar-refractivity contribution in [1.29, 1.82) is 0 Å². The SMILES string of the molecule is COC(C)CCOC(=O)NCC(Cc1ccccc1)(c1cccc(OC(F)(F)F)c1)c1cccc(OC(F)(F)F)c1. The lowest BCUT2D eigenvalue weighted by molar-refractivity contribution is -0.275. The van der Waals surface area contributed by atoms with Gasteiger partial charge in [-0.1, -0.05) is 54.6 Å². The van der Waals surface area contributed by atoms with Crippen LogP contribution in [0.25, 0.3) is 0 Å². The van der Waals surface area contributed by atoms with E-state index in [1.807, 2.05) is 0 Å². The Morgan fingerprint density at radius 3 is 1.83 bits per heavy atom. The highest BCUT2D eigenvalue weighted by atomic mass is 19.4. The Morgan fingerprint density at radius 2 is 1.34 bits per heavy atom. The molecule has 1 atom stereocenters. The van der Waals surface area contributed by atoms with Crippen LogP contribution in [-0.2, 0) is 21.3 Å². The smallest absolute Gasteiger partial charge is 0.449 e. The van der Waals surface area contributed by atoms with E-state index in [-0.39, 0.29) is 36.8 Å². The molecule has 0 aliphatic heterocycles. The molecule has 12 heteroatoms. The van der Waals surface area contributed by atoms with Crippen molar-refractivity contribution in [3.8, 4) is 11.5 Å². The highest BCUT2D eigenvalue weighted by molar-refractivity contribution is 5.67. The summed E-state index contributed by atoms with van der Waals surface area (Å²) in [5, 5.41) is 2.64. The Kier molecular flexibility index (Phi) is 10.5. The number of rotatable bonds is 12. The summed E-state index contributed by atoms with van der Waals surface area (Å²) in [5.74, 6) is -1.07. The van der Waals surface area contributed by atoms with Gasteiger partial charge in [-0.15, -0.1) is 26.3 Å². The molecule has 0 aliphatic carbocycles. The molecule has 0 aromatic heterocycles. The van der Waals surface area contributed by atoms with Crippen LogP contribution in [-0.4, -0.2) is 45.2 Å². The summed E-state index contributed by atoms with van der Waals surface area (Å²) in [5.41, 5.74) is -0.224. The average molecular weight is 586 g/mol. The fraction of sp³-hybridized carbons (Fsp3) is 0.345. The zero-order valence-corrected chi connectivity index (χ0v) is 22.2. The number of alkyl carbamates (subject to hydrolysis) is 1. The minimum Gasteiger partial charge on any atom is -0.449 e. The van der Waals surface area contributed by atoms with Crippen molar-refractivity contribution >= 4 is 6.09 Å². The molecule has 6 nitrogen and oxygen atoms in total. The third-order valence-electron chi connectivity index (χ3n) is 6.28. The first-order valence-corrected chi connectivity index (χ1v) is 12.5. The maximum absolute atomic E-state index is 13.1. The van der Waals surface area contributed by atoms with Crippen molar-refractivity contribution in [2.45, 2.75) is 44.0 Å². The van der Waals surface area contributed by atoms with E-state index in [2.05, 4.69) is 14.8 Å². The highest BCUT2D eigenvalue weighted by Crippen LogP contribution is 2.40. The van der Waals surface area contributed by atoms with Crippen molar-refractivity contribution < 1.29 is 50.1 Å². The lowest BCUT2D eigenvalue weighted by Crippen LogP contribution is -2.44. The summed E-state index contributed by atoms with van der Waals surface area (Å²) < 4.78 is 97.1. The van der Waals surface area contributed by atoms with Crippen molar-refractivity contribution in [2.75, 3.05) is 20.3 Å². The molecule has 0 radical (unpaired) electrons. The van der Waals surface area contributed by atoms with E-state index in [0.29, 0.717) is 12.0 Å². The number of ether oxygens (including phenoxy) is 4. The summed E-state index contributed by atoms with van der Waals surface area (Å²) in [6.07, 6.45) is -10.5. The number of amides is 1. The molecule has 0 heterocycles. The van der Waals surface area contributed by atoms with Crippen LogP contribution < -0.4 is 14.8 Å². The van der Waals surface area contributed by atoms with Crippen molar-refractivity contribution in [1.82, 2.24) is 5.32 Å². The van der Waals surface area contributed by atoms with Gasteiger partial charge in [0.15, 0.2) is 0 Å². The van der Waals surface area contributed by atoms with Crippen molar-refractivity contribution in [2.24, 2.45) is 0 Å². The topological polar surface area (TPSA) is 66.0 Å². The minimum absolute atomic E-state index is 0.0241. The van der Waals surface area contributed by atoms with Gasteiger partial charge in [0.1, 0.15) is 11.5 Å². The first kappa shape index (κ1) is 31.6. The van der Waals surface area contributed by atoms with E-state index in [0.717, 1.165) is 24.3 Å². The fourth-order valence-electron chi connectivity index (χ4n) is 4.27. The minimum atomic E-state index is -4.98. The Hall–Kier alpha value is -3.93. The van der Waals surface area contributed by atoms with Gasteiger partial charge in [0.25, 0.3) is 0 Å². The van der Waals surface area contributed by atoms with E-state index in [1.54, 1.807) is 37.3 Å². The second kappa shape index (κ2) is 13.6. The monoisotopic (exact) mass is 585 g/mol. The zero-order chi connectivity index (χ0) is 30.1. The molecule has 3 aromatic carbocycles. The van der Waals surface area contributed by atoms with Gasteiger partial charge >= 0.3 is 18.8 Å². The standard InChI is InChI=1S/C29H29F6NO5/c1-20(38-2)14-15-39-26(37)36-19-27(18-21-8-4-3-5-9-21,22-10-6-12-24(16-22)40-28(30,31)32)23-11-7-13-25(17-23)41-29(33,34)35/h3-13,16-17,20H,14-15,18-19H2,1-2H3,(H,36,37). The largest absolute Gasteiger partial charge is 0.573 e. The van der Waals surface area contributed by atoms with E-state index < -0.39 is 35.7 Å². The number of benzene rings is 3. The third-order valence-corrected chi connectivity index (χ3v) is 6.28. The van der Waals surface area contributed by atoms with Gasteiger partial charge in [-0.3, -0.25) is 0 Å². The van der Waals surface area contributed by atoms with Crippen LogP contribution in [0.5, 0.6) is 11.5 Å². The molecule has 3 rings (SSSR count). The number of hydrogen-bond acceptors (Lipinski definition) is 5. The molecule has 0 aliphatic rings. The molecule has 222 valence electrons. The quantitative estimate of drug-likeness (QED) is 0.229. The zero-order valence-electron chi connectivity index (χ0n) is 22.2. The second-order valence-corrected chi connectivity index (χ2v) is 9.22. The van der Waals surface area contributed by atoms with Crippen LogP contribution in [0.4, 0.5) is 31.1 Å². The molecule has 1 amide bonds. The number of methoxy groups -OCH3 is 1. The van der Waals surface area contributed by atoms with Gasteiger partial charge < -0.3 is 24.3 Å². The number of hydrogen-bond donors (Lipinski definition) is 1. The molecule has 0 fully saturated rings. The van der Waals surface area contributed by atoms with E-state index >= 15 is 0 Å².